The van der Waals surface area contributed by atoms with E-state index >= 15 is 0 Å². The second-order valence-corrected chi connectivity index (χ2v) is 7.41. The van der Waals surface area contributed by atoms with E-state index in [2.05, 4.69) is 75.4 Å². The van der Waals surface area contributed by atoms with Crippen molar-refractivity contribution in [1.29, 1.82) is 0 Å². The van der Waals surface area contributed by atoms with Crippen LogP contribution in [-0.2, 0) is 5.75 Å². The van der Waals surface area contributed by atoms with Crippen LogP contribution in [-0.4, -0.2) is 24.0 Å². The maximum Gasteiger partial charge on any atom is 0.196 e. The van der Waals surface area contributed by atoms with E-state index in [1.165, 1.54) is 16.5 Å². The quantitative estimate of drug-likeness (QED) is 0.447. The summed E-state index contributed by atoms with van der Waals surface area (Å²) in [6, 6.07) is 14.6. The number of fused-ring (bicyclic) bond motifs is 4. The van der Waals surface area contributed by atoms with E-state index in [9.17, 15) is 0 Å². The molecular weight excluding hydrogens is 342 g/mol. The lowest BCUT2D eigenvalue weighted by atomic mass is 10.1. The van der Waals surface area contributed by atoms with Crippen LogP contribution < -0.4 is 0 Å². The van der Waals surface area contributed by atoms with Crippen molar-refractivity contribution < 1.29 is 0 Å². The third kappa shape index (κ3) is 2.37. The highest BCUT2D eigenvalue weighted by molar-refractivity contribution is 7.98. The number of aromatic nitrogens is 5. The topological polar surface area (TPSA) is 47.5 Å². The zero-order valence-electron chi connectivity index (χ0n) is 14.5. The molecule has 128 valence electrons. The van der Waals surface area contributed by atoms with Crippen molar-refractivity contribution in [2.24, 2.45) is 0 Å². The first-order chi connectivity index (χ1) is 12.7. The molecule has 0 fully saturated rings. The van der Waals surface area contributed by atoms with Crippen LogP contribution in [0.2, 0.25) is 0 Å². The first kappa shape index (κ1) is 15.4. The molecule has 26 heavy (non-hydrogen) atoms. The van der Waals surface area contributed by atoms with E-state index in [4.69, 9.17) is 4.98 Å². The normalized spacial score (nSPS) is 11.8. The number of nitrogens with zero attached hydrogens (tertiary/aromatic N) is 5. The van der Waals surface area contributed by atoms with Gasteiger partial charge in [-0.05, 0) is 43.2 Å². The smallest absolute Gasteiger partial charge is 0.196 e. The van der Waals surface area contributed by atoms with Gasteiger partial charge in [-0.3, -0.25) is 4.40 Å². The van der Waals surface area contributed by atoms with Crippen LogP contribution in [0.15, 0.2) is 60.0 Å². The molecule has 0 N–H and O–H groups in total. The van der Waals surface area contributed by atoms with Crippen molar-refractivity contribution in [2.75, 3.05) is 0 Å². The van der Waals surface area contributed by atoms with E-state index in [1.807, 2.05) is 12.3 Å². The summed E-state index contributed by atoms with van der Waals surface area (Å²) in [4.78, 5) is 4.75. The Hall–Kier alpha value is -2.86. The molecule has 5 nitrogen and oxygen atoms in total. The second kappa shape index (κ2) is 5.85. The van der Waals surface area contributed by atoms with Crippen molar-refractivity contribution >= 4 is 34.0 Å². The van der Waals surface area contributed by atoms with Crippen LogP contribution in [0.5, 0.6) is 0 Å². The number of hydrogen-bond acceptors (Lipinski definition) is 4. The molecule has 0 spiro atoms. The largest absolute Gasteiger partial charge is 0.307 e. The molecule has 0 aliphatic carbocycles. The minimum atomic E-state index is 0.754. The number of thioether (sulfide) groups is 1. The summed E-state index contributed by atoms with van der Waals surface area (Å²) in [7, 11) is 0. The molecule has 5 rings (SSSR count). The number of imidazole rings is 1. The highest BCUT2D eigenvalue weighted by atomic mass is 32.2. The Morgan fingerprint density at radius 1 is 1.00 bits per heavy atom. The van der Waals surface area contributed by atoms with Crippen LogP contribution in [0, 0.1) is 13.8 Å². The lowest BCUT2D eigenvalue weighted by Crippen LogP contribution is -1.93. The van der Waals surface area contributed by atoms with E-state index in [1.54, 1.807) is 11.8 Å². The second-order valence-electron chi connectivity index (χ2n) is 6.46. The van der Waals surface area contributed by atoms with E-state index in [0.29, 0.717) is 0 Å². The standard InChI is InChI=1S/C20H17N5S/c1-13-6-5-9-24-11-15(21-19(13)24)12-26-20-23-22-18-10-14(2)16-7-3-4-8-17(16)25(18)20/h3-11H,12H2,1-2H3. The van der Waals surface area contributed by atoms with Crippen LogP contribution in [0.25, 0.3) is 22.2 Å². The Morgan fingerprint density at radius 2 is 1.88 bits per heavy atom. The van der Waals surface area contributed by atoms with Gasteiger partial charge in [-0.15, -0.1) is 10.2 Å². The van der Waals surface area contributed by atoms with Gasteiger partial charge in [-0.1, -0.05) is 36.0 Å². The fourth-order valence-electron chi connectivity index (χ4n) is 3.38. The number of para-hydroxylation sites is 1. The van der Waals surface area contributed by atoms with Crippen LogP contribution in [0.4, 0.5) is 0 Å². The number of benzene rings is 1. The summed E-state index contributed by atoms with van der Waals surface area (Å²) in [6.07, 6.45) is 4.12. The molecule has 0 saturated carbocycles. The van der Waals surface area contributed by atoms with Gasteiger partial charge in [0.2, 0.25) is 0 Å². The van der Waals surface area contributed by atoms with Crippen LogP contribution >= 0.6 is 11.8 Å². The molecule has 4 heterocycles. The zero-order valence-corrected chi connectivity index (χ0v) is 15.4. The molecule has 0 aliphatic rings. The summed E-state index contributed by atoms with van der Waals surface area (Å²) in [6.45, 7) is 4.20. The third-order valence-electron chi connectivity index (χ3n) is 4.65. The number of pyridine rings is 2. The molecule has 0 bridgehead atoms. The molecule has 0 radical (unpaired) electrons. The molecule has 0 aliphatic heterocycles. The van der Waals surface area contributed by atoms with Gasteiger partial charge in [0.05, 0.1) is 11.2 Å². The molecular formula is C20H17N5S. The maximum absolute atomic E-state index is 4.75. The molecule has 6 heteroatoms. The Bertz CT molecular complexity index is 1270. The Balaban J connectivity index is 1.55. The molecule has 0 saturated heterocycles. The van der Waals surface area contributed by atoms with Gasteiger partial charge in [0, 0.05) is 23.5 Å². The van der Waals surface area contributed by atoms with Crippen LogP contribution in [0.3, 0.4) is 0 Å². The predicted molar refractivity (Wildman–Crippen MR) is 105 cm³/mol. The fourth-order valence-corrected chi connectivity index (χ4v) is 4.22. The molecule has 5 aromatic rings. The van der Waals surface area contributed by atoms with Crippen molar-refractivity contribution in [3.8, 4) is 0 Å². The molecule has 0 atom stereocenters. The summed E-state index contributed by atoms with van der Waals surface area (Å²) >= 11 is 1.66. The summed E-state index contributed by atoms with van der Waals surface area (Å²) in [5.41, 5.74) is 6.47. The lowest BCUT2D eigenvalue weighted by Gasteiger charge is -2.06. The van der Waals surface area contributed by atoms with Gasteiger partial charge >= 0.3 is 0 Å². The number of rotatable bonds is 3. The third-order valence-corrected chi connectivity index (χ3v) is 5.61. The minimum absolute atomic E-state index is 0.754. The molecule has 0 amide bonds. The molecule has 1 aromatic carbocycles. The van der Waals surface area contributed by atoms with E-state index in [-0.39, 0.29) is 0 Å². The van der Waals surface area contributed by atoms with Crippen molar-refractivity contribution in [3.63, 3.8) is 0 Å². The van der Waals surface area contributed by atoms with Gasteiger partial charge in [0.25, 0.3) is 0 Å². The summed E-state index contributed by atoms with van der Waals surface area (Å²) in [5.74, 6) is 0.754. The van der Waals surface area contributed by atoms with Gasteiger partial charge in [-0.2, -0.15) is 0 Å². The average Bonchev–Trinajstić information content (AvgIpc) is 3.25. The monoisotopic (exact) mass is 359 g/mol. The first-order valence-corrected chi connectivity index (χ1v) is 9.49. The van der Waals surface area contributed by atoms with Crippen LogP contribution in [0.1, 0.15) is 16.8 Å². The SMILES string of the molecule is Cc1cc2nnc(SCc3cn4cccc(C)c4n3)n2c2ccccc12. The van der Waals surface area contributed by atoms with Gasteiger partial charge in [0.15, 0.2) is 10.8 Å². The van der Waals surface area contributed by atoms with Crippen molar-refractivity contribution in [3.05, 3.63) is 71.7 Å². The summed E-state index contributed by atoms with van der Waals surface area (Å²) < 4.78 is 4.21. The Morgan fingerprint density at radius 3 is 2.77 bits per heavy atom. The maximum atomic E-state index is 4.75. The molecule has 4 aromatic heterocycles. The highest BCUT2D eigenvalue weighted by Gasteiger charge is 2.12. The van der Waals surface area contributed by atoms with Crippen molar-refractivity contribution in [2.45, 2.75) is 24.8 Å². The molecule has 0 unspecified atom stereocenters. The van der Waals surface area contributed by atoms with Crippen molar-refractivity contribution in [1.82, 2.24) is 24.0 Å². The summed E-state index contributed by atoms with van der Waals surface area (Å²) in [5, 5.41) is 10.9. The number of hydrogen-bond donors (Lipinski definition) is 0. The first-order valence-electron chi connectivity index (χ1n) is 8.50. The highest BCUT2D eigenvalue weighted by Crippen LogP contribution is 2.27. The average molecular weight is 359 g/mol. The van der Waals surface area contributed by atoms with E-state index in [0.717, 1.165) is 33.4 Å². The fraction of sp³-hybridized carbons (Fsp3) is 0.150. The minimum Gasteiger partial charge on any atom is -0.307 e. The Kier molecular flexibility index (Phi) is 3.46. The zero-order chi connectivity index (χ0) is 17.7. The van der Waals surface area contributed by atoms with E-state index < -0.39 is 0 Å². The van der Waals surface area contributed by atoms with Gasteiger partial charge < -0.3 is 4.40 Å². The Labute approximate surface area is 154 Å². The number of aryl methyl sites for hydroxylation is 2. The lowest BCUT2D eigenvalue weighted by molar-refractivity contribution is 0.939. The van der Waals surface area contributed by atoms with Gasteiger partial charge in [-0.25, -0.2) is 4.98 Å². The van der Waals surface area contributed by atoms with Gasteiger partial charge in [0.1, 0.15) is 5.65 Å². The predicted octanol–water partition coefficient (Wildman–Crippen LogP) is 4.44.